The van der Waals surface area contributed by atoms with E-state index in [0.29, 0.717) is 6.42 Å². The minimum absolute atomic E-state index is 0.0662. The highest BCUT2D eigenvalue weighted by Crippen LogP contribution is 2.15. The summed E-state index contributed by atoms with van der Waals surface area (Å²) in [6, 6.07) is 4.49. The summed E-state index contributed by atoms with van der Waals surface area (Å²) in [5.74, 6) is -0.226. The molecule has 0 saturated carbocycles. The van der Waals surface area contributed by atoms with Crippen molar-refractivity contribution in [3.63, 3.8) is 0 Å². The van der Waals surface area contributed by atoms with Crippen LogP contribution in [0.2, 0.25) is 0 Å². The predicted molar refractivity (Wildman–Crippen MR) is 62.9 cm³/mol. The molecule has 0 amide bonds. The summed E-state index contributed by atoms with van der Waals surface area (Å²) in [6.07, 6.45) is -3.54. The normalized spacial score (nSPS) is 13.7. The largest absolute Gasteiger partial charge is 0.401 e. The molecule has 0 aromatic heterocycles. The van der Waals surface area contributed by atoms with Crippen molar-refractivity contribution in [3.05, 3.63) is 35.1 Å². The van der Waals surface area contributed by atoms with Gasteiger partial charge >= 0.3 is 6.18 Å². The van der Waals surface area contributed by atoms with E-state index in [-0.39, 0.29) is 18.3 Å². The Bertz CT molecular complexity index is 387. The van der Waals surface area contributed by atoms with E-state index in [1.807, 2.05) is 6.92 Å². The summed E-state index contributed by atoms with van der Waals surface area (Å²) in [7, 11) is 0. The number of hydrogen-bond donors (Lipinski definition) is 1. The Morgan fingerprint density at radius 1 is 1.28 bits per heavy atom. The van der Waals surface area contributed by atoms with Crippen LogP contribution >= 0.6 is 0 Å². The Labute approximate surface area is 104 Å². The lowest BCUT2D eigenvalue weighted by atomic mass is 9.97. The average molecular weight is 263 g/mol. The van der Waals surface area contributed by atoms with Crippen molar-refractivity contribution >= 4 is 0 Å². The van der Waals surface area contributed by atoms with E-state index in [0.717, 1.165) is 11.1 Å². The lowest BCUT2D eigenvalue weighted by Gasteiger charge is -2.15. The quantitative estimate of drug-likeness (QED) is 0.802. The molecule has 0 radical (unpaired) electrons. The van der Waals surface area contributed by atoms with Crippen LogP contribution < -0.4 is 5.32 Å². The molecular formula is C13H17F4N. The van der Waals surface area contributed by atoms with Gasteiger partial charge in [0.15, 0.2) is 0 Å². The molecule has 0 spiro atoms. The van der Waals surface area contributed by atoms with E-state index in [1.165, 1.54) is 12.1 Å². The SMILES string of the molecule is Cc1cc(F)ccc1CC(C)CNCC(F)(F)F. The Morgan fingerprint density at radius 3 is 2.50 bits per heavy atom. The molecule has 1 aromatic rings. The summed E-state index contributed by atoms with van der Waals surface area (Å²) in [4.78, 5) is 0. The number of alkyl halides is 3. The third kappa shape index (κ3) is 5.49. The van der Waals surface area contributed by atoms with Gasteiger partial charge in [0, 0.05) is 0 Å². The highest BCUT2D eigenvalue weighted by Gasteiger charge is 2.26. The summed E-state index contributed by atoms with van der Waals surface area (Å²) in [5, 5.41) is 2.38. The standard InChI is InChI=1S/C13H17F4N/c1-9(7-18-8-13(15,16)17)5-11-3-4-12(14)6-10(11)2/h3-4,6,9,18H,5,7-8H2,1-2H3. The van der Waals surface area contributed by atoms with E-state index < -0.39 is 12.7 Å². The van der Waals surface area contributed by atoms with Gasteiger partial charge in [-0.05, 0) is 49.1 Å². The van der Waals surface area contributed by atoms with Crippen LogP contribution in [0.15, 0.2) is 18.2 Å². The molecule has 5 heteroatoms. The van der Waals surface area contributed by atoms with Crippen LogP contribution in [0.3, 0.4) is 0 Å². The van der Waals surface area contributed by atoms with Crippen LogP contribution in [0, 0.1) is 18.7 Å². The van der Waals surface area contributed by atoms with Crippen molar-refractivity contribution in [1.82, 2.24) is 5.32 Å². The van der Waals surface area contributed by atoms with Gasteiger partial charge in [0.25, 0.3) is 0 Å². The number of aryl methyl sites for hydroxylation is 1. The maximum absolute atomic E-state index is 12.9. The third-order valence-corrected chi connectivity index (χ3v) is 2.69. The molecule has 0 aliphatic heterocycles. The predicted octanol–water partition coefficient (Wildman–Crippen LogP) is 3.46. The molecule has 0 bridgehead atoms. The van der Waals surface area contributed by atoms with Gasteiger partial charge in [0.05, 0.1) is 6.54 Å². The topological polar surface area (TPSA) is 12.0 Å². The minimum Gasteiger partial charge on any atom is -0.308 e. The fourth-order valence-corrected chi connectivity index (χ4v) is 1.80. The van der Waals surface area contributed by atoms with Crippen molar-refractivity contribution in [2.24, 2.45) is 5.92 Å². The van der Waals surface area contributed by atoms with Crippen LogP contribution in [-0.2, 0) is 6.42 Å². The molecule has 0 heterocycles. The molecule has 102 valence electrons. The first-order valence-corrected chi connectivity index (χ1v) is 5.80. The molecule has 18 heavy (non-hydrogen) atoms. The van der Waals surface area contributed by atoms with Crippen LogP contribution in [0.1, 0.15) is 18.1 Å². The highest BCUT2D eigenvalue weighted by atomic mass is 19.4. The van der Waals surface area contributed by atoms with Gasteiger partial charge < -0.3 is 5.32 Å². The molecule has 0 fully saturated rings. The zero-order valence-electron chi connectivity index (χ0n) is 10.4. The maximum atomic E-state index is 12.9. The Kier molecular flexibility index (Phi) is 5.14. The van der Waals surface area contributed by atoms with Crippen LogP contribution in [0.5, 0.6) is 0 Å². The number of nitrogens with one attached hydrogen (secondary N) is 1. The summed E-state index contributed by atoms with van der Waals surface area (Å²) < 4.78 is 48.7. The number of rotatable bonds is 5. The first-order chi connectivity index (χ1) is 8.28. The highest BCUT2D eigenvalue weighted by molar-refractivity contribution is 5.26. The number of benzene rings is 1. The smallest absolute Gasteiger partial charge is 0.308 e. The van der Waals surface area contributed by atoms with Crippen molar-refractivity contribution < 1.29 is 17.6 Å². The van der Waals surface area contributed by atoms with Crippen LogP contribution in [0.4, 0.5) is 17.6 Å². The van der Waals surface area contributed by atoms with Crippen LogP contribution in [0.25, 0.3) is 0 Å². The second kappa shape index (κ2) is 6.18. The van der Waals surface area contributed by atoms with Gasteiger partial charge in [-0.25, -0.2) is 4.39 Å². The molecule has 1 unspecified atom stereocenters. The van der Waals surface area contributed by atoms with E-state index >= 15 is 0 Å². The Balaban J connectivity index is 2.42. The van der Waals surface area contributed by atoms with E-state index in [9.17, 15) is 17.6 Å². The second-order valence-corrected chi connectivity index (χ2v) is 4.63. The van der Waals surface area contributed by atoms with Crippen LogP contribution in [-0.4, -0.2) is 19.3 Å². The van der Waals surface area contributed by atoms with E-state index in [1.54, 1.807) is 13.0 Å². The molecule has 1 rings (SSSR count). The molecule has 0 aliphatic rings. The summed E-state index contributed by atoms with van der Waals surface area (Å²) in [5.41, 5.74) is 1.80. The average Bonchev–Trinajstić information content (AvgIpc) is 2.20. The molecule has 0 aliphatic carbocycles. The van der Waals surface area contributed by atoms with Crippen molar-refractivity contribution in [2.45, 2.75) is 26.4 Å². The fourth-order valence-electron chi connectivity index (χ4n) is 1.80. The van der Waals surface area contributed by atoms with Gasteiger partial charge in [-0.15, -0.1) is 0 Å². The molecule has 1 atom stereocenters. The summed E-state index contributed by atoms with van der Waals surface area (Å²) >= 11 is 0. The molecular weight excluding hydrogens is 246 g/mol. The Morgan fingerprint density at radius 2 is 1.94 bits per heavy atom. The number of hydrogen-bond acceptors (Lipinski definition) is 1. The van der Waals surface area contributed by atoms with Gasteiger partial charge in [0.1, 0.15) is 5.82 Å². The zero-order chi connectivity index (χ0) is 13.8. The second-order valence-electron chi connectivity index (χ2n) is 4.63. The lowest BCUT2D eigenvalue weighted by Crippen LogP contribution is -2.32. The first kappa shape index (κ1) is 15.0. The Hall–Kier alpha value is -1.10. The van der Waals surface area contributed by atoms with E-state index in [2.05, 4.69) is 5.32 Å². The lowest BCUT2D eigenvalue weighted by molar-refractivity contribution is -0.125. The van der Waals surface area contributed by atoms with Crippen molar-refractivity contribution in [3.8, 4) is 0 Å². The third-order valence-electron chi connectivity index (χ3n) is 2.69. The van der Waals surface area contributed by atoms with Gasteiger partial charge in [0.2, 0.25) is 0 Å². The monoisotopic (exact) mass is 263 g/mol. The van der Waals surface area contributed by atoms with Crippen molar-refractivity contribution in [2.75, 3.05) is 13.1 Å². The molecule has 1 aromatic carbocycles. The van der Waals surface area contributed by atoms with Crippen molar-refractivity contribution in [1.29, 1.82) is 0 Å². The van der Waals surface area contributed by atoms with Gasteiger partial charge in [-0.2, -0.15) is 13.2 Å². The van der Waals surface area contributed by atoms with E-state index in [4.69, 9.17) is 0 Å². The maximum Gasteiger partial charge on any atom is 0.401 e. The molecule has 1 N–H and O–H groups in total. The van der Waals surface area contributed by atoms with Gasteiger partial charge in [-0.1, -0.05) is 13.0 Å². The minimum atomic E-state index is -4.18. The fraction of sp³-hybridized carbons (Fsp3) is 0.538. The first-order valence-electron chi connectivity index (χ1n) is 5.80. The molecule has 0 saturated heterocycles. The summed E-state index contributed by atoms with van der Waals surface area (Å²) in [6.45, 7) is 2.98. The van der Waals surface area contributed by atoms with Gasteiger partial charge in [-0.3, -0.25) is 0 Å². The molecule has 1 nitrogen and oxygen atoms in total. The number of halogens is 4. The zero-order valence-corrected chi connectivity index (χ0v) is 10.4.